The minimum atomic E-state index is -3.19. The first-order chi connectivity index (χ1) is 6.59. The van der Waals surface area contributed by atoms with Crippen molar-refractivity contribution in [2.45, 2.75) is 12.8 Å². The van der Waals surface area contributed by atoms with Crippen LogP contribution >= 0.6 is 12.2 Å². The van der Waals surface area contributed by atoms with Gasteiger partial charge in [0.1, 0.15) is 0 Å². The summed E-state index contributed by atoms with van der Waals surface area (Å²) in [6, 6.07) is 7.40. The van der Waals surface area contributed by atoms with Gasteiger partial charge in [-0.25, -0.2) is 0 Å². The Morgan fingerprint density at radius 2 is 1.93 bits per heavy atom. The van der Waals surface area contributed by atoms with Crippen molar-refractivity contribution in [2.24, 2.45) is 0 Å². The zero-order valence-corrected chi connectivity index (χ0v) is 8.48. The highest BCUT2D eigenvalue weighted by Crippen LogP contribution is 2.29. The van der Waals surface area contributed by atoms with Crippen molar-refractivity contribution >= 4 is 17.3 Å². The van der Waals surface area contributed by atoms with Gasteiger partial charge in [0.25, 0.3) is 0 Å². The van der Waals surface area contributed by atoms with Crippen LogP contribution in [0.1, 0.15) is 12.5 Å². The molecule has 0 N–H and O–H groups in total. The highest BCUT2D eigenvalue weighted by molar-refractivity contribution is 7.80. The number of hydrogen-bond acceptors (Lipinski definition) is 2. The Kier molecular flexibility index (Phi) is 3.52. The number of rotatable bonds is 3. The second-order valence-electron chi connectivity index (χ2n) is 2.66. The lowest BCUT2D eigenvalue weighted by molar-refractivity contribution is 0.0494. The van der Waals surface area contributed by atoms with Crippen molar-refractivity contribution < 1.29 is 13.5 Å². The van der Waals surface area contributed by atoms with Gasteiger partial charge in [0.15, 0.2) is 0 Å². The SMILES string of the molecule is CCOC(=S)C(F)(F)c1ccccc1. The molecule has 1 aromatic rings. The normalized spacial score (nSPS) is 11.1. The maximum Gasteiger partial charge on any atom is 0.339 e. The zero-order chi connectivity index (χ0) is 10.6. The molecular weight excluding hydrogens is 206 g/mol. The third-order valence-corrected chi connectivity index (χ3v) is 2.04. The second kappa shape index (κ2) is 4.46. The first-order valence-electron chi connectivity index (χ1n) is 4.19. The van der Waals surface area contributed by atoms with Gasteiger partial charge in [0, 0.05) is 5.56 Å². The number of benzene rings is 1. The molecule has 1 rings (SSSR count). The summed E-state index contributed by atoms with van der Waals surface area (Å²) in [5.41, 5.74) is -0.140. The van der Waals surface area contributed by atoms with Crippen LogP contribution in [0.25, 0.3) is 0 Å². The molecule has 1 nitrogen and oxygen atoms in total. The minimum Gasteiger partial charge on any atom is -0.482 e. The summed E-state index contributed by atoms with van der Waals surface area (Å²) in [6.45, 7) is 1.77. The smallest absolute Gasteiger partial charge is 0.339 e. The van der Waals surface area contributed by atoms with Crippen LogP contribution < -0.4 is 0 Å². The second-order valence-corrected chi connectivity index (χ2v) is 3.03. The summed E-state index contributed by atoms with van der Waals surface area (Å²) in [5, 5.41) is -0.675. The Hall–Kier alpha value is -1.03. The first kappa shape index (κ1) is 11.0. The van der Waals surface area contributed by atoms with Crippen molar-refractivity contribution in [1.29, 1.82) is 0 Å². The first-order valence-corrected chi connectivity index (χ1v) is 4.60. The van der Waals surface area contributed by atoms with Gasteiger partial charge in [-0.05, 0) is 19.1 Å². The minimum absolute atomic E-state index is 0.140. The van der Waals surface area contributed by atoms with E-state index in [4.69, 9.17) is 0 Å². The van der Waals surface area contributed by atoms with Crippen LogP contribution in [-0.2, 0) is 10.7 Å². The summed E-state index contributed by atoms with van der Waals surface area (Å²) >= 11 is 4.50. The van der Waals surface area contributed by atoms with Crippen molar-refractivity contribution in [3.8, 4) is 0 Å². The van der Waals surface area contributed by atoms with Gasteiger partial charge < -0.3 is 4.74 Å². The van der Waals surface area contributed by atoms with E-state index in [0.29, 0.717) is 0 Å². The van der Waals surface area contributed by atoms with Crippen molar-refractivity contribution in [2.75, 3.05) is 6.61 Å². The van der Waals surface area contributed by atoms with E-state index in [9.17, 15) is 8.78 Å². The summed E-state index contributed by atoms with van der Waals surface area (Å²) in [5.74, 6) is -3.19. The predicted octanol–water partition coefficient (Wildman–Crippen LogP) is 3.14. The Morgan fingerprint density at radius 1 is 1.36 bits per heavy atom. The van der Waals surface area contributed by atoms with E-state index in [0.717, 1.165) is 0 Å². The van der Waals surface area contributed by atoms with Crippen molar-refractivity contribution in [1.82, 2.24) is 0 Å². The van der Waals surface area contributed by atoms with Crippen LogP contribution in [0.15, 0.2) is 30.3 Å². The number of ether oxygens (including phenoxy) is 1. The fraction of sp³-hybridized carbons (Fsp3) is 0.300. The molecule has 0 fully saturated rings. The molecule has 0 amide bonds. The molecule has 0 aliphatic rings. The highest BCUT2D eigenvalue weighted by atomic mass is 32.1. The van der Waals surface area contributed by atoms with E-state index >= 15 is 0 Å². The van der Waals surface area contributed by atoms with E-state index in [-0.39, 0.29) is 12.2 Å². The van der Waals surface area contributed by atoms with Crippen LogP contribution in [0.3, 0.4) is 0 Å². The molecule has 0 aromatic heterocycles. The van der Waals surface area contributed by atoms with E-state index in [2.05, 4.69) is 17.0 Å². The van der Waals surface area contributed by atoms with Crippen LogP contribution in [0.2, 0.25) is 0 Å². The number of halogens is 2. The monoisotopic (exact) mass is 216 g/mol. The quantitative estimate of drug-likeness (QED) is 0.718. The van der Waals surface area contributed by atoms with Gasteiger partial charge in [-0.15, -0.1) is 0 Å². The van der Waals surface area contributed by atoms with E-state index < -0.39 is 11.0 Å². The van der Waals surface area contributed by atoms with Crippen LogP contribution in [0, 0.1) is 0 Å². The third-order valence-electron chi connectivity index (χ3n) is 1.67. The van der Waals surface area contributed by atoms with Crippen LogP contribution in [0.5, 0.6) is 0 Å². The molecule has 1 aromatic carbocycles. The average Bonchev–Trinajstić information content (AvgIpc) is 2.19. The molecule has 14 heavy (non-hydrogen) atoms. The zero-order valence-electron chi connectivity index (χ0n) is 7.67. The van der Waals surface area contributed by atoms with Gasteiger partial charge in [-0.3, -0.25) is 0 Å². The topological polar surface area (TPSA) is 9.23 Å². The van der Waals surface area contributed by atoms with E-state index in [1.807, 2.05) is 0 Å². The van der Waals surface area contributed by atoms with Crippen LogP contribution in [-0.4, -0.2) is 11.7 Å². The molecule has 0 bridgehead atoms. The molecule has 0 aliphatic heterocycles. The maximum absolute atomic E-state index is 13.5. The Labute approximate surface area is 86.7 Å². The third kappa shape index (κ3) is 2.26. The molecule has 0 aliphatic carbocycles. The lowest BCUT2D eigenvalue weighted by Gasteiger charge is -2.17. The summed E-state index contributed by atoms with van der Waals surface area (Å²) < 4.78 is 31.6. The Morgan fingerprint density at radius 3 is 2.43 bits per heavy atom. The molecule has 0 radical (unpaired) electrons. The van der Waals surface area contributed by atoms with Gasteiger partial charge in [0.2, 0.25) is 5.05 Å². The van der Waals surface area contributed by atoms with Gasteiger partial charge in [-0.2, -0.15) is 8.78 Å². The number of thiocarbonyl (C=S) groups is 1. The predicted molar refractivity (Wildman–Crippen MR) is 54.6 cm³/mol. The number of alkyl halides is 2. The standard InChI is InChI=1S/C10H10F2OS/c1-2-13-9(14)10(11,12)8-6-4-3-5-7-8/h3-7H,2H2,1H3. The molecule has 76 valence electrons. The Bertz CT molecular complexity index is 311. The van der Waals surface area contributed by atoms with Gasteiger partial charge in [0.05, 0.1) is 6.61 Å². The number of hydrogen-bond donors (Lipinski definition) is 0. The maximum atomic E-state index is 13.5. The average molecular weight is 216 g/mol. The van der Waals surface area contributed by atoms with Gasteiger partial charge in [-0.1, -0.05) is 30.3 Å². The summed E-state index contributed by atoms with van der Waals surface area (Å²) in [4.78, 5) is 0. The molecule has 4 heteroatoms. The molecule has 0 heterocycles. The van der Waals surface area contributed by atoms with Crippen molar-refractivity contribution in [3.63, 3.8) is 0 Å². The molecule has 0 atom stereocenters. The molecular formula is C10H10F2OS. The molecule has 0 unspecified atom stereocenters. The molecule has 0 saturated carbocycles. The fourth-order valence-electron chi connectivity index (χ4n) is 0.987. The van der Waals surface area contributed by atoms with Gasteiger partial charge >= 0.3 is 5.92 Å². The lowest BCUT2D eigenvalue weighted by Crippen LogP contribution is -2.26. The summed E-state index contributed by atoms with van der Waals surface area (Å²) in [6.07, 6.45) is 0. The lowest BCUT2D eigenvalue weighted by atomic mass is 10.1. The largest absolute Gasteiger partial charge is 0.482 e. The van der Waals surface area contributed by atoms with E-state index in [1.54, 1.807) is 13.0 Å². The summed E-state index contributed by atoms with van der Waals surface area (Å²) in [7, 11) is 0. The molecule has 0 spiro atoms. The highest BCUT2D eigenvalue weighted by Gasteiger charge is 2.38. The molecule has 0 saturated heterocycles. The van der Waals surface area contributed by atoms with E-state index in [1.165, 1.54) is 24.3 Å². The fourth-order valence-corrected chi connectivity index (χ4v) is 1.22. The van der Waals surface area contributed by atoms with Crippen molar-refractivity contribution in [3.05, 3.63) is 35.9 Å². The Balaban J connectivity index is 2.90. The van der Waals surface area contributed by atoms with Crippen LogP contribution in [0.4, 0.5) is 8.78 Å².